The van der Waals surface area contributed by atoms with E-state index in [1.54, 1.807) is 23.0 Å². The molecule has 5 amide bonds. The predicted octanol–water partition coefficient (Wildman–Crippen LogP) is -4.20. The summed E-state index contributed by atoms with van der Waals surface area (Å²) in [6.45, 7) is 3.51. The molecule has 514 valence electrons. The molecule has 2 aromatic heterocycles. The molecule has 16 N–H and O–H groups in total. The Labute approximate surface area is 537 Å². The Kier molecular flexibility index (Phi) is 26.8. The number of hydrogen-bond acceptors (Lipinski definition) is 28. The largest absolute Gasteiger partial charge is 0.422 e. The van der Waals surface area contributed by atoms with Gasteiger partial charge in [0.25, 0.3) is 5.91 Å². The van der Waals surface area contributed by atoms with Crippen LogP contribution in [0.3, 0.4) is 0 Å². The van der Waals surface area contributed by atoms with Crippen LogP contribution in [0.5, 0.6) is 0 Å². The highest BCUT2D eigenvalue weighted by Gasteiger charge is 2.59. The van der Waals surface area contributed by atoms with Crippen molar-refractivity contribution in [3.63, 3.8) is 0 Å². The average molecular weight is 1340 g/mol. The molecule has 5 aliphatic rings. The number of benzene rings is 1. The fourth-order valence-corrected chi connectivity index (χ4v) is 14.3. The minimum atomic E-state index is -2.51. The summed E-state index contributed by atoms with van der Waals surface area (Å²) in [5.74, 6) is -4.74. The van der Waals surface area contributed by atoms with Gasteiger partial charge in [-0.05, 0) is 64.2 Å². The molecule has 3 aromatic rings. The van der Waals surface area contributed by atoms with Gasteiger partial charge < -0.3 is 116 Å². The van der Waals surface area contributed by atoms with Crippen molar-refractivity contribution in [2.24, 2.45) is 5.92 Å². The molecule has 2 unspecified atom stereocenters. The van der Waals surface area contributed by atoms with E-state index in [-0.39, 0.29) is 85.8 Å². The number of carbonyl (C=O) groups is 5. The third-order valence-corrected chi connectivity index (χ3v) is 19.7. The molecule has 5 aliphatic heterocycles. The van der Waals surface area contributed by atoms with E-state index >= 15 is 0 Å². The molecular formula is C58H87N9O23S2. The predicted molar refractivity (Wildman–Crippen MR) is 326 cm³/mol. The second kappa shape index (κ2) is 33.9. The van der Waals surface area contributed by atoms with Crippen LogP contribution in [0.25, 0.3) is 11.0 Å². The number of thioether (sulfide) groups is 2. The Balaban J connectivity index is 0.823. The summed E-state index contributed by atoms with van der Waals surface area (Å²) in [7, 11) is 0. The van der Waals surface area contributed by atoms with Crippen LogP contribution >= 0.6 is 23.5 Å². The van der Waals surface area contributed by atoms with Gasteiger partial charge in [0, 0.05) is 91.6 Å². The summed E-state index contributed by atoms with van der Waals surface area (Å²) in [5, 5.41) is 142. The summed E-state index contributed by atoms with van der Waals surface area (Å²) in [5.41, 5.74) is 0.514. The van der Waals surface area contributed by atoms with Crippen molar-refractivity contribution in [3.8, 4) is 0 Å². The van der Waals surface area contributed by atoms with Gasteiger partial charge in [-0.3, -0.25) is 23.9 Å². The van der Waals surface area contributed by atoms with Crippen molar-refractivity contribution in [2.75, 3.05) is 68.2 Å². The molecule has 32 nitrogen and oxygen atoms in total. The van der Waals surface area contributed by atoms with Gasteiger partial charge in [0.1, 0.15) is 96.4 Å². The fraction of sp³-hybridized carbons (Fsp3) is 0.724. The lowest BCUT2D eigenvalue weighted by Gasteiger charge is -2.45. The number of aliphatic hydroxyl groups is 11. The summed E-state index contributed by atoms with van der Waals surface area (Å²) in [4.78, 5) is 79.6. The number of urea groups is 1. The fourth-order valence-electron chi connectivity index (χ4n) is 11.7. The van der Waals surface area contributed by atoms with E-state index in [2.05, 4.69) is 41.8 Å². The number of nitrogens with one attached hydrogen (secondary N) is 5. The van der Waals surface area contributed by atoms with Gasteiger partial charge in [0.05, 0.1) is 50.1 Å². The summed E-state index contributed by atoms with van der Waals surface area (Å²) in [6, 6.07) is 6.91. The highest BCUT2D eigenvalue weighted by molar-refractivity contribution is 8.00. The molecule has 5 saturated heterocycles. The maximum Gasteiger partial charge on any atom is 0.349 e. The van der Waals surface area contributed by atoms with E-state index in [1.807, 2.05) is 31.7 Å². The van der Waals surface area contributed by atoms with E-state index in [0.717, 1.165) is 55.6 Å². The Morgan fingerprint density at radius 3 is 2.27 bits per heavy atom. The summed E-state index contributed by atoms with van der Waals surface area (Å²) < 4.78 is 35.2. The van der Waals surface area contributed by atoms with Crippen LogP contribution in [-0.4, -0.2) is 273 Å². The maximum atomic E-state index is 14.2. The van der Waals surface area contributed by atoms with Crippen molar-refractivity contribution in [3.05, 3.63) is 52.1 Å². The number of nitrogens with zero attached hydrogens (tertiary/aromatic N) is 4. The van der Waals surface area contributed by atoms with Gasteiger partial charge >= 0.3 is 11.7 Å². The molecule has 0 radical (unpaired) electrons. The van der Waals surface area contributed by atoms with Crippen LogP contribution in [0.1, 0.15) is 87.7 Å². The lowest BCUT2D eigenvalue weighted by molar-refractivity contribution is -0.388. The topological polar surface area (TPSA) is 478 Å². The number of carbonyl (C=O) groups excluding carboxylic acids is 5. The number of hydrogen-bond donors (Lipinski definition) is 16. The van der Waals surface area contributed by atoms with Crippen LogP contribution < -0.4 is 37.1 Å². The third-order valence-electron chi connectivity index (χ3n) is 17.1. The number of aryl methyl sites for hydroxylation is 1. The number of aromatic nitrogens is 3. The molecule has 0 aliphatic carbocycles. The van der Waals surface area contributed by atoms with Gasteiger partial charge in [-0.1, -0.05) is 11.6 Å². The molecule has 1 aromatic carbocycles. The van der Waals surface area contributed by atoms with E-state index in [0.29, 0.717) is 47.8 Å². The second-order valence-electron chi connectivity index (χ2n) is 23.4. The standard InChI is InChI=1S/C58H87N9O23S2/c1-3-66(4-2)31-15-14-29-20-32(54(83)86-36(29)21-31)53(82)60-17-19-91-26-33(35(70)10-5-7-13-41(72)61-22-30-23-67(65-64-30)18-9-16-59-40(71)12-8-6-11-39-42-34(27-92-39)62-57(84)63-42)43(73)51-48(78)47(77)49(79)55(88-51)85-25-38-44(74)46(76)50(80)56(87-38)90-58(28-69)52(81)45(75)37(24-68)89-58/h14-15,20-21,23,33-34,37-39,42-52,55-56,68-69,73-81H,3-13,16-19,22,24-28H2,1-2H3,(H,59,71)(H,60,82)(H,61,72)(H2,62,63,84)/t33?,34-,37+,38+,39-,42-,43?,44+,45+,46-,47-,48+,49+,50+,51+,52-,55-,56+,58-/m0/s1. The zero-order chi connectivity index (χ0) is 66.4. The van der Waals surface area contributed by atoms with Crippen molar-refractivity contribution in [1.82, 2.24) is 41.6 Å². The molecule has 92 heavy (non-hydrogen) atoms. The SMILES string of the molecule is CCN(CC)c1ccc2cc(C(=O)NCCSCC(C(=O)CCCCC(=O)NCc3cn(CCCNC(=O)CCCC[C@@H]4SC[C@@H]5NC(=O)N[C@@H]54)nn3)C(O)[C@H]3O[C@H](OC[C@H]4O[C@H](O[C@]5(CO)O[C@H](CO)[C@@H](O)[C@@H]5O)[C@H](O)[C@@H](O)[C@@H]4O)[C@H](O)[C@@H](O)[C@H]3O)c(=O)oc2c1. The molecule has 0 spiro atoms. The van der Waals surface area contributed by atoms with Gasteiger partial charge in [0.15, 0.2) is 12.6 Å². The highest BCUT2D eigenvalue weighted by atomic mass is 32.2. The number of anilines is 1. The van der Waals surface area contributed by atoms with E-state index in [4.69, 9.17) is 28.1 Å². The zero-order valence-corrected chi connectivity index (χ0v) is 52.7. The minimum Gasteiger partial charge on any atom is -0.422 e. The molecule has 0 bridgehead atoms. The maximum absolute atomic E-state index is 14.2. The van der Waals surface area contributed by atoms with Crippen LogP contribution in [0, 0.1) is 5.92 Å². The van der Waals surface area contributed by atoms with Crippen LogP contribution in [-0.2, 0) is 51.2 Å². The van der Waals surface area contributed by atoms with Gasteiger partial charge in [-0.2, -0.15) is 23.5 Å². The number of aliphatic hydroxyl groups excluding tert-OH is 11. The van der Waals surface area contributed by atoms with Crippen LogP contribution in [0.4, 0.5) is 10.5 Å². The number of fused-ring (bicyclic) bond motifs is 2. The van der Waals surface area contributed by atoms with E-state index in [9.17, 15) is 84.9 Å². The third kappa shape index (κ3) is 18.0. The normalized spacial score (nSPS) is 30.9. The molecule has 34 heteroatoms. The molecule has 5 fully saturated rings. The second-order valence-corrected chi connectivity index (χ2v) is 25.8. The zero-order valence-electron chi connectivity index (χ0n) is 51.1. The highest BCUT2D eigenvalue weighted by Crippen LogP contribution is 2.38. The van der Waals surface area contributed by atoms with Crippen LogP contribution in [0.2, 0.25) is 0 Å². The van der Waals surface area contributed by atoms with Gasteiger partial charge in [-0.25, -0.2) is 9.59 Å². The van der Waals surface area contributed by atoms with Crippen molar-refractivity contribution in [1.29, 1.82) is 0 Å². The monoisotopic (exact) mass is 1340 g/mol. The lowest BCUT2D eigenvalue weighted by atomic mass is 9.86. The molecular weight excluding hydrogens is 1250 g/mol. The number of ketones is 1. The molecule has 8 rings (SSSR count). The van der Waals surface area contributed by atoms with Gasteiger partial charge in [-0.15, -0.1) is 5.10 Å². The van der Waals surface area contributed by atoms with E-state index < -0.39 is 135 Å². The molecule has 7 heterocycles. The molecule has 0 saturated carbocycles. The molecule has 19 atom stereocenters. The van der Waals surface area contributed by atoms with Crippen molar-refractivity contribution >= 4 is 69.7 Å². The number of Topliss-reactive ketones (excluding diaryl/α,β-unsaturated/α-hetero) is 1. The first-order valence-corrected chi connectivity index (χ1v) is 33.3. The number of unbranched alkanes of at least 4 members (excludes halogenated alkanes) is 2. The quantitative estimate of drug-likeness (QED) is 0.0151. The first-order valence-electron chi connectivity index (χ1n) is 31.1. The Bertz CT molecular complexity index is 2990. The van der Waals surface area contributed by atoms with E-state index in [1.165, 1.54) is 6.07 Å². The van der Waals surface area contributed by atoms with Crippen molar-refractivity contribution < 1.29 is 108 Å². The van der Waals surface area contributed by atoms with Crippen LogP contribution in [0.15, 0.2) is 39.7 Å². The van der Waals surface area contributed by atoms with Gasteiger partial charge in [0.2, 0.25) is 17.6 Å². The average Bonchev–Trinajstić information content (AvgIpc) is 1.44. The Hall–Kier alpha value is -5.22. The number of amides is 5. The van der Waals surface area contributed by atoms with Crippen molar-refractivity contribution in [2.45, 2.75) is 194 Å². The first kappa shape index (κ1) is 72.6. The minimum absolute atomic E-state index is 0.00686. The number of ether oxygens (including phenoxy) is 5. The Morgan fingerprint density at radius 2 is 1.54 bits per heavy atom. The Morgan fingerprint density at radius 1 is 0.826 bits per heavy atom. The lowest BCUT2D eigenvalue weighted by Crippen LogP contribution is -2.64. The smallest absolute Gasteiger partial charge is 0.349 e. The number of rotatable bonds is 35. The summed E-state index contributed by atoms with van der Waals surface area (Å²) >= 11 is 2.94. The summed E-state index contributed by atoms with van der Waals surface area (Å²) in [6.07, 6.45) is -21.6. The first-order chi connectivity index (χ1) is 44.1.